The van der Waals surface area contributed by atoms with Crippen LogP contribution in [0.3, 0.4) is 0 Å². The number of amides is 3. The Hall–Kier alpha value is -3.01. The predicted octanol–water partition coefficient (Wildman–Crippen LogP) is 1.29. The SMILES string of the molecule is CCCCNC(=O)Nc1cc(C(=O)NOCc2nn[nH]n2)ccc1C. The summed E-state index contributed by atoms with van der Waals surface area (Å²) < 4.78 is 0. The zero-order valence-electron chi connectivity index (χ0n) is 14.1. The number of hydroxylamine groups is 1. The number of carbonyl (C=O) groups is 2. The lowest BCUT2D eigenvalue weighted by Crippen LogP contribution is -2.30. The van der Waals surface area contributed by atoms with Crippen LogP contribution in [0.25, 0.3) is 0 Å². The standard InChI is InChI=1S/C15H21N7O3/c1-3-4-7-16-15(24)17-12-8-11(6-5-10(12)2)14(23)20-25-9-13-18-21-22-19-13/h5-6,8H,3-4,7,9H2,1-2H3,(H,20,23)(H2,16,17,24)(H,18,19,21,22). The van der Waals surface area contributed by atoms with Crippen molar-refractivity contribution in [1.82, 2.24) is 31.4 Å². The van der Waals surface area contributed by atoms with E-state index in [1.54, 1.807) is 18.2 Å². The van der Waals surface area contributed by atoms with Crippen molar-refractivity contribution in [3.05, 3.63) is 35.2 Å². The van der Waals surface area contributed by atoms with E-state index in [1.807, 2.05) is 13.8 Å². The van der Waals surface area contributed by atoms with Crippen molar-refractivity contribution in [3.63, 3.8) is 0 Å². The summed E-state index contributed by atoms with van der Waals surface area (Å²) in [6.45, 7) is 4.48. The molecule has 0 fully saturated rings. The van der Waals surface area contributed by atoms with Crippen molar-refractivity contribution in [1.29, 1.82) is 0 Å². The number of carbonyl (C=O) groups excluding carboxylic acids is 2. The van der Waals surface area contributed by atoms with E-state index in [4.69, 9.17) is 4.84 Å². The number of tetrazole rings is 1. The Bertz CT molecular complexity index is 703. The third kappa shape index (κ3) is 5.84. The number of nitrogens with one attached hydrogen (secondary N) is 4. The molecule has 0 saturated heterocycles. The Balaban J connectivity index is 1.90. The number of nitrogens with zero attached hydrogens (tertiary/aromatic N) is 3. The highest BCUT2D eigenvalue weighted by molar-refractivity contribution is 5.96. The molecule has 25 heavy (non-hydrogen) atoms. The minimum absolute atomic E-state index is 0.0148. The number of aromatic nitrogens is 4. The predicted molar refractivity (Wildman–Crippen MR) is 89.5 cm³/mol. The van der Waals surface area contributed by atoms with Crippen molar-refractivity contribution in [2.45, 2.75) is 33.3 Å². The Morgan fingerprint density at radius 3 is 2.88 bits per heavy atom. The molecule has 0 bridgehead atoms. The Morgan fingerprint density at radius 1 is 1.32 bits per heavy atom. The summed E-state index contributed by atoms with van der Waals surface area (Å²) in [6.07, 6.45) is 1.91. The van der Waals surface area contributed by atoms with E-state index in [2.05, 4.69) is 36.7 Å². The number of aryl methyl sites for hydroxylation is 1. The largest absolute Gasteiger partial charge is 0.338 e. The molecule has 10 nitrogen and oxygen atoms in total. The van der Waals surface area contributed by atoms with Crippen LogP contribution in [0.4, 0.5) is 10.5 Å². The molecule has 0 aliphatic rings. The van der Waals surface area contributed by atoms with Gasteiger partial charge in [0.1, 0.15) is 6.61 Å². The molecule has 1 aromatic heterocycles. The molecule has 0 unspecified atom stereocenters. The average Bonchev–Trinajstić information content (AvgIpc) is 3.10. The summed E-state index contributed by atoms with van der Waals surface area (Å²) in [5.74, 6) is -0.131. The van der Waals surface area contributed by atoms with E-state index in [-0.39, 0.29) is 12.6 Å². The first-order valence-electron chi connectivity index (χ1n) is 7.90. The first-order chi connectivity index (χ1) is 12.1. The second kappa shape index (κ2) is 9.33. The first kappa shape index (κ1) is 18.3. The lowest BCUT2D eigenvalue weighted by Gasteiger charge is -2.11. The third-order valence-electron chi connectivity index (χ3n) is 3.32. The normalized spacial score (nSPS) is 10.3. The molecule has 0 atom stereocenters. The van der Waals surface area contributed by atoms with Gasteiger partial charge in [-0.05, 0) is 31.0 Å². The molecule has 0 radical (unpaired) electrons. The van der Waals surface area contributed by atoms with Gasteiger partial charge in [-0.15, -0.1) is 10.2 Å². The third-order valence-corrected chi connectivity index (χ3v) is 3.32. The summed E-state index contributed by atoms with van der Waals surface area (Å²) in [4.78, 5) is 29.0. The lowest BCUT2D eigenvalue weighted by molar-refractivity contribution is 0.0209. The Morgan fingerprint density at radius 2 is 2.16 bits per heavy atom. The highest BCUT2D eigenvalue weighted by atomic mass is 16.7. The number of hydrogen-bond donors (Lipinski definition) is 4. The number of H-pyrrole nitrogens is 1. The molecule has 1 aromatic carbocycles. The summed E-state index contributed by atoms with van der Waals surface area (Å²) in [6, 6.07) is 4.67. The molecule has 2 rings (SSSR count). The number of urea groups is 1. The van der Waals surface area contributed by atoms with E-state index in [1.165, 1.54) is 0 Å². The van der Waals surface area contributed by atoms with E-state index < -0.39 is 5.91 Å². The van der Waals surface area contributed by atoms with Gasteiger partial charge in [-0.1, -0.05) is 24.6 Å². The zero-order valence-corrected chi connectivity index (χ0v) is 14.1. The molecule has 0 aliphatic heterocycles. The van der Waals surface area contributed by atoms with Gasteiger partial charge in [0.2, 0.25) is 5.82 Å². The highest BCUT2D eigenvalue weighted by Crippen LogP contribution is 2.17. The van der Waals surface area contributed by atoms with Crippen molar-refractivity contribution < 1.29 is 14.4 Å². The van der Waals surface area contributed by atoms with E-state index in [9.17, 15) is 9.59 Å². The minimum atomic E-state index is -0.446. The number of aromatic amines is 1. The second-order valence-corrected chi connectivity index (χ2v) is 5.31. The van der Waals surface area contributed by atoms with Crippen LogP contribution in [0.1, 0.15) is 41.5 Å². The van der Waals surface area contributed by atoms with Crippen LogP contribution in [-0.4, -0.2) is 39.1 Å². The van der Waals surface area contributed by atoms with E-state index in [0.29, 0.717) is 23.6 Å². The molecule has 0 saturated carbocycles. The Kier molecular flexibility index (Phi) is 6.84. The lowest BCUT2D eigenvalue weighted by atomic mass is 10.1. The van der Waals surface area contributed by atoms with Gasteiger partial charge in [-0.3, -0.25) is 9.63 Å². The molecule has 3 amide bonds. The second-order valence-electron chi connectivity index (χ2n) is 5.31. The van der Waals surface area contributed by atoms with Gasteiger partial charge in [0.05, 0.1) is 0 Å². The van der Waals surface area contributed by atoms with Crippen molar-refractivity contribution in [2.75, 3.05) is 11.9 Å². The van der Waals surface area contributed by atoms with Gasteiger partial charge in [0, 0.05) is 17.8 Å². The van der Waals surface area contributed by atoms with E-state index >= 15 is 0 Å². The summed E-state index contributed by atoms with van der Waals surface area (Å²) in [5, 5.41) is 18.6. The number of unbranched alkanes of at least 4 members (excludes halogenated alkanes) is 1. The molecule has 4 N–H and O–H groups in total. The number of benzene rings is 1. The summed E-state index contributed by atoms with van der Waals surface area (Å²) >= 11 is 0. The van der Waals surface area contributed by atoms with Crippen LogP contribution in [0.15, 0.2) is 18.2 Å². The fraction of sp³-hybridized carbons (Fsp3) is 0.400. The van der Waals surface area contributed by atoms with Crippen LogP contribution < -0.4 is 16.1 Å². The number of anilines is 1. The van der Waals surface area contributed by atoms with Crippen molar-refractivity contribution >= 4 is 17.6 Å². The topological polar surface area (TPSA) is 134 Å². The van der Waals surface area contributed by atoms with Crippen molar-refractivity contribution in [2.24, 2.45) is 0 Å². The van der Waals surface area contributed by atoms with Gasteiger partial charge in [-0.2, -0.15) is 5.21 Å². The maximum Gasteiger partial charge on any atom is 0.319 e. The van der Waals surface area contributed by atoms with Gasteiger partial charge in [-0.25, -0.2) is 10.3 Å². The summed E-state index contributed by atoms with van der Waals surface area (Å²) in [7, 11) is 0. The fourth-order valence-electron chi connectivity index (χ4n) is 1.91. The van der Waals surface area contributed by atoms with Crippen LogP contribution in [0.5, 0.6) is 0 Å². The fourth-order valence-corrected chi connectivity index (χ4v) is 1.91. The van der Waals surface area contributed by atoms with Crippen LogP contribution in [0, 0.1) is 6.92 Å². The van der Waals surface area contributed by atoms with Crippen LogP contribution in [-0.2, 0) is 11.4 Å². The van der Waals surface area contributed by atoms with Gasteiger partial charge in [0.15, 0.2) is 0 Å². The maximum atomic E-state index is 12.1. The van der Waals surface area contributed by atoms with Crippen LogP contribution >= 0.6 is 0 Å². The molecule has 134 valence electrons. The molecular weight excluding hydrogens is 326 g/mol. The summed E-state index contributed by atoms with van der Waals surface area (Å²) in [5.41, 5.74) is 4.04. The molecule has 0 aliphatic carbocycles. The van der Waals surface area contributed by atoms with Crippen LogP contribution in [0.2, 0.25) is 0 Å². The molecule has 1 heterocycles. The van der Waals surface area contributed by atoms with Gasteiger partial charge < -0.3 is 10.6 Å². The van der Waals surface area contributed by atoms with Gasteiger partial charge >= 0.3 is 6.03 Å². The molecule has 2 aromatic rings. The number of hydrogen-bond acceptors (Lipinski definition) is 6. The van der Waals surface area contributed by atoms with Gasteiger partial charge in [0.25, 0.3) is 5.91 Å². The quantitative estimate of drug-likeness (QED) is 0.420. The average molecular weight is 347 g/mol. The zero-order chi connectivity index (χ0) is 18.1. The number of rotatable bonds is 8. The molecule has 10 heteroatoms. The van der Waals surface area contributed by atoms with Crippen molar-refractivity contribution in [3.8, 4) is 0 Å². The van der Waals surface area contributed by atoms with E-state index in [0.717, 1.165) is 18.4 Å². The minimum Gasteiger partial charge on any atom is -0.338 e. The first-order valence-corrected chi connectivity index (χ1v) is 7.90. The molecule has 0 spiro atoms. The smallest absolute Gasteiger partial charge is 0.319 e. The Labute approximate surface area is 144 Å². The molecular formula is C15H21N7O3. The highest BCUT2D eigenvalue weighted by Gasteiger charge is 2.11. The maximum absolute atomic E-state index is 12.1. The monoisotopic (exact) mass is 347 g/mol.